The van der Waals surface area contributed by atoms with Gasteiger partial charge < -0.3 is 9.47 Å². The highest BCUT2D eigenvalue weighted by Crippen LogP contribution is 2.18. The van der Waals surface area contributed by atoms with E-state index < -0.39 is 0 Å². The predicted octanol–water partition coefficient (Wildman–Crippen LogP) is 1.92. The number of benzene rings is 1. The molecule has 1 N–H and O–H groups in total. The molecule has 0 aliphatic carbocycles. The molecule has 1 aromatic heterocycles. The van der Waals surface area contributed by atoms with Gasteiger partial charge in [-0.25, -0.2) is 9.89 Å². The Kier molecular flexibility index (Phi) is 5.18. The third-order valence-corrected chi connectivity index (χ3v) is 4.40. The number of aromatic amines is 1. The second-order valence-electron chi connectivity index (χ2n) is 5.07. The highest BCUT2D eigenvalue weighted by molar-refractivity contribution is 7.99. The maximum Gasteiger partial charge on any atom is 0.344 e. The van der Waals surface area contributed by atoms with Gasteiger partial charge >= 0.3 is 5.69 Å². The molecule has 0 bridgehead atoms. The van der Waals surface area contributed by atoms with Gasteiger partial charge in [0.2, 0.25) is 0 Å². The smallest absolute Gasteiger partial charge is 0.344 e. The van der Waals surface area contributed by atoms with Crippen LogP contribution in [0.5, 0.6) is 5.75 Å². The number of hydrogen-bond acceptors (Lipinski definition) is 5. The van der Waals surface area contributed by atoms with E-state index in [0.29, 0.717) is 18.3 Å². The van der Waals surface area contributed by atoms with E-state index in [1.807, 2.05) is 30.3 Å². The van der Waals surface area contributed by atoms with Crippen LogP contribution in [0.1, 0.15) is 12.8 Å². The number of H-pyrrole nitrogens is 1. The molecule has 1 aromatic carbocycles. The van der Waals surface area contributed by atoms with Crippen molar-refractivity contribution in [1.29, 1.82) is 0 Å². The number of hydrogen-bond donors (Lipinski definition) is 1. The number of para-hydroxylation sites is 1. The van der Waals surface area contributed by atoms with E-state index in [1.54, 1.807) is 4.57 Å². The van der Waals surface area contributed by atoms with Crippen LogP contribution in [0.2, 0.25) is 0 Å². The molecule has 2 heterocycles. The van der Waals surface area contributed by atoms with Crippen LogP contribution < -0.4 is 10.4 Å². The standard InChI is InChI=1S/C15H19N3O3S/c19-14-16-17-15(18(14)11-13-7-4-8-20-13)22-10-9-21-12-5-2-1-3-6-12/h1-3,5-6,13H,4,7-11H2,(H,16,19)/t13-/m1/s1. The first kappa shape index (κ1) is 15.2. The lowest BCUT2D eigenvalue weighted by molar-refractivity contribution is 0.0941. The van der Waals surface area contributed by atoms with E-state index in [2.05, 4.69) is 10.2 Å². The summed E-state index contributed by atoms with van der Waals surface area (Å²) in [5.74, 6) is 1.58. The fourth-order valence-electron chi connectivity index (χ4n) is 2.38. The zero-order valence-electron chi connectivity index (χ0n) is 12.2. The first-order chi connectivity index (χ1) is 10.8. The van der Waals surface area contributed by atoms with Gasteiger partial charge in [-0.15, -0.1) is 5.10 Å². The summed E-state index contributed by atoms with van der Waals surface area (Å²) < 4.78 is 12.9. The van der Waals surface area contributed by atoms with E-state index in [9.17, 15) is 4.79 Å². The Morgan fingerprint density at radius 3 is 3.05 bits per heavy atom. The normalized spacial score (nSPS) is 17.7. The molecule has 0 saturated carbocycles. The van der Waals surface area contributed by atoms with Crippen LogP contribution in [0.3, 0.4) is 0 Å². The molecule has 1 fully saturated rings. The van der Waals surface area contributed by atoms with E-state index in [4.69, 9.17) is 9.47 Å². The summed E-state index contributed by atoms with van der Waals surface area (Å²) >= 11 is 1.51. The average Bonchev–Trinajstić information content (AvgIpc) is 3.17. The van der Waals surface area contributed by atoms with Crippen LogP contribution in [-0.4, -0.2) is 39.8 Å². The van der Waals surface area contributed by atoms with E-state index in [1.165, 1.54) is 11.8 Å². The molecule has 3 rings (SSSR count). The predicted molar refractivity (Wildman–Crippen MR) is 84.5 cm³/mol. The van der Waals surface area contributed by atoms with Crippen molar-refractivity contribution >= 4 is 11.8 Å². The topological polar surface area (TPSA) is 69.1 Å². The maximum absolute atomic E-state index is 11.8. The SMILES string of the molecule is O=c1[nH]nc(SCCOc2ccccc2)n1C[C@H]1CCCO1. The van der Waals surface area contributed by atoms with Gasteiger partial charge in [0.1, 0.15) is 5.75 Å². The molecule has 6 nitrogen and oxygen atoms in total. The van der Waals surface area contributed by atoms with E-state index in [-0.39, 0.29) is 11.8 Å². The van der Waals surface area contributed by atoms with Crippen LogP contribution in [0.15, 0.2) is 40.3 Å². The number of aromatic nitrogens is 3. The lowest BCUT2D eigenvalue weighted by atomic mass is 10.2. The van der Waals surface area contributed by atoms with Crippen molar-refractivity contribution in [3.8, 4) is 5.75 Å². The minimum absolute atomic E-state index is 0.121. The van der Waals surface area contributed by atoms with Gasteiger partial charge in [-0.3, -0.25) is 4.57 Å². The number of thioether (sulfide) groups is 1. The van der Waals surface area contributed by atoms with Crippen molar-refractivity contribution in [3.05, 3.63) is 40.8 Å². The summed E-state index contributed by atoms with van der Waals surface area (Å²) in [5.41, 5.74) is -0.179. The lowest BCUT2D eigenvalue weighted by Crippen LogP contribution is -2.25. The van der Waals surface area contributed by atoms with Gasteiger partial charge in [0, 0.05) is 12.4 Å². The van der Waals surface area contributed by atoms with Crippen LogP contribution in [0.25, 0.3) is 0 Å². The largest absolute Gasteiger partial charge is 0.493 e. The first-order valence-electron chi connectivity index (χ1n) is 7.40. The van der Waals surface area contributed by atoms with Gasteiger partial charge in [0.15, 0.2) is 5.16 Å². The molecular weight excluding hydrogens is 302 g/mol. The average molecular weight is 321 g/mol. The third kappa shape index (κ3) is 3.92. The van der Waals surface area contributed by atoms with E-state index in [0.717, 1.165) is 31.0 Å². The highest BCUT2D eigenvalue weighted by atomic mass is 32.2. The molecule has 7 heteroatoms. The van der Waals surface area contributed by atoms with Crippen molar-refractivity contribution in [2.75, 3.05) is 19.0 Å². The molecule has 1 aliphatic rings. The quantitative estimate of drug-likeness (QED) is 0.623. The Morgan fingerprint density at radius 2 is 2.27 bits per heavy atom. The Balaban J connectivity index is 1.51. The highest BCUT2D eigenvalue weighted by Gasteiger charge is 2.19. The summed E-state index contributed by atoms with van der Waals surface area (Å²) in [5, 5.41) is 7.28. The van der Waals surface area contributed by atoms with Gasteiger partial charge in [0.05, 0.1) is 19.3 Å². The summed E-state index contributed by atoms with van der Waals surface area (Å²) in [6.07, 6.45) is 2.18. The minimum Gasteiger partial charge on any atom is -0.493 e. The molecule has 0 radical (unpaired) electrons. The van der Waals surface area contributed by atoms with Crippen LogP contribution in [0, 0.1) is 0 Å². The molecular formula is C15H19N3O3S. The zero-order chi connectivity index (χ0) is 15.2. The number of ether oxygens (including phenoxy) is 2. The number of nitrogens with zero attached hydrogens (tertiary/aromatic N) is 2. The molecule has 22 heavy (non-hydrogen) atoms. The fraction of sp³-hybridized carbons (Fsp3) is 0.467. The van der Waals surface area contributed by atoms with Crippen LogP contribution in [-0.2, 0) is 11.3 Å². The van der Waals surface area contributed by atoms with Crippen molar-refractivity contribution in [1.82, 2.24) is 14.8 Å². The molecule has 118 valence electrons. The number of nitrogens with one attached hydrogen (secondary N) is 1. The molecule has 0 amide bonds. The summed E-state index contributed by atoms with van der Waals surface area (Å²) in [7, 11) is 0. The third-order valence-electron chi connectivity index (χ3n) is 3.46. The Morgan fingerprint density at radius 1 is 1.41 bits per heavy atom. The molecule has 1 aliphatic heterocycles. The molecule has 0 unspecified atom stereocenters. The van der Waals surface area contributed by atoms with Gasteiger partial charge in [-0.1, -0.05) is 30.0 Å². The van der Waals surface area contributed by atoms with Crippen molar-refractivity contribution in [2.24, 2.45) is 0 Å². The second kappa shape index (κ2) is 7.51. The van der Waals surface area contributed by atoms with Crippen molar-refractivity contribution in [3.63, 3.8) is 0 Å². The van der Waals surface area contributed by atoms with Crippen LogP contribution >= 0.6 is 11.8 Å². The molecule has 1 atom stereocenters. The minimum atomic E-state index is -0.179. The summed E-state index contributed by atoms with van der Waals surface area (Å²) in [6, 6.07) is 9.68. The van der Waals surface area contributed by atoms with Gasteiger partial charge in [-0.05, 0) is 25.0 Å². The Labute approximate surface area is 132 Å². The summed E-state index contributed by atoms with van der Waals surface area (Å²) in [6.45, 7) is 1.91. The zero-order valence-corrected chi connectivity index (χ0v) is 13.1. The molecule has 2 aromatic rings. The molecule has 0 spiro atoms. The number of rotatable bonds is 7. The molecule has 1 saturated heterocycles. The van der Waals surface area contributed by atoms with Crippen LogP contribution in [0.4, 0.5) is 0 Å². The Hall–Kier alpha value is -1.73. The van der Waals surface area contributed by atoms with Crippen molar-refractivity contribution < 1.29 is 9.47 Å². The summed E-state index contributed by atoms with van der Waals surface area (Å²) in [4.78, 5) is 11.8. The maximum atomic E-state index is 11.8. The fourth-order valence-corrected chi connectivity index (χ4v) is 3.15. The van der Waals surface area contributed by atoms with Gasteiger partial charge in [-0.2, -0.15) is 0 Å². The van der Waals surface area contributed by atoms with E-state index >= 15 is 0 Å². The van der Waals surface area contributed by atoms with Gasteiger partial charge in [0.25, 0.3) is 0 Å². The monoisotopic (exact) mass is 321 g/mol. The Bertz CT molecular complexity index is 635. The first-order valence-corrected chi connectivity index (χ1v) is 8.39. The second-order valence-corrected chi connectivity index (χ2v) is 6.13. The lowest BCUT2D eigenvalue weighted by Gasteiger charge is -2.11. The van der Waals surface area contributed by atoms with Crippen molar-refractivity contribution in [2.45, 2.75) is 30.6 Å².